The van der Waals surface area contributed by atoms with E-state index in [4.69, 9.17) is 0 Å². The number of halogens is 5. The summed E-state index contributed by atoms with van der Waals surface area (Å²) in [5, 5.41) is 5.75. The number of amides is 1. The molecule has 0 aromatic carbocycles. The van der Waals surface area contributed by atoms with E-state index in [0.29, 0.717) is 27.0 Å². The number of fused-ring (bicyclic) bond motifs is 1. The van der Waals surface area contributed by atoms with Crippen molar-refractivity contribution in [1.29, 1.82) is 0 Å². The van der Waals surface area contributed by atoms with E-state index in [0.717, 1.165) is 25.3 Å². The zero-order valence-electron chi connectivity index (χ0n) is 14.3. The third-order valence-corrected chi connectivity index (χ3v) is 7.11. The van der Waals surface area contributed by atoms with Crippen LogP contribution in [-0.4, -0.2) is 38.5 Å². The van der Waals surface area contributed by atoms with Crippen molar-refractivity contribution < 1.29 is 18.0 Å². The summed E-state index contributed by atoms with van der Waals surface area (Å²) in [5.74, 6) is -0.385. The maximum absolute atomic E-state index is 13.7. The topological polar surface area (TPSA) is 50.5 Å². The highest BCUT2D eigenvalue weighted by atomic mass is 79.9. The van der Waals surface area contributed by atoms with Gasteiger partial charge in [-0.25, -0.2) is 9.50 Å². The van der Waals surface area contributed by atoms with E-state index in [1.807, 2.05) is 0 Å². The molecule has 0 aliphatic carbocycles. The van der Waals surface area contributed by atoms with Gasteiger partial charge in [0, 0.05) is 17.6 Å². The molecule has 0 radical (unpaired) electrons. The Kier molecular flexibility index (Phi) is 5.25. The van der Waals surface area contributed by atoms with Gasteiger partial charge in [0.15, 0.2) is 17.0 Å². The van der Waals surface area contributed by atoms with Gasteiger partial charge in [-0.2, -0.15) is 18.3 Å². The normalized spacial score (nSPS) is 15.4. The van der Waals surface area contributed by atoms with Crippen molar-refractivity contribution in [2.45, 2.75) is 25.4 Å². The molecule has 0 bridgehead atoms. The van der Waals surface area contributed by atoms with Crippen LogP contribution in [-0.2, 0) is 6.18 Å². The minimum absolute atomic E-state index is 0.0366. The van der Waals surface area contributed by atoms with Gasteiger partial charge in [0.05, 0.1) is 15.0 Å². The first-order valence-corrected chi connectivity index (χ1v) is 10.9. The monoisotopic (exact) mass is 536 g/mol. The Hall–Kier alpha value is -1.46. The zero-order valence-corrected chi connectivity index (χ0v) is 18.3. The number of hydrogen-bond donors (Lipinski definition) is 0. The second kappa shape index (κ2) is 7.42. The molecule has 1 amide bonds. The summed E-state index contributed by atoms with van der Waals surface area (Å²) in [7, 11) is 0. The van der Waals surface area contributed by atoms with Gasteiger partial charge in [0.2, 0.25) is 0 Å². The second-order valence-corrected chi connectivity index (χ2v) is 8.94. The molecule has 1 aliphatic heterocycles. The minimum atomic E-state index is -4.66. The van der Waals surface area contributed by atoms with E-state index >= 15 is 0 Å². The van der Waals surface area contributed by atoms with Gasteiger partial charge in [-0.05, 0) is 68.6 Å². The fraction of sp³-hybridized carbons (Fsp3) is 0.353. The van der Waals surface area contributed by atoms with Crippen LogP contribution in [0.4, 0.5) is 13.2 Å². The van der Waals surface area contributed by atoms with Gasteiger partial charge >= 0.3 is 6.18 Å². The number of likely N-dealkylation sites (tertiary alicyclic amines) is 1. The maximum atomic E-state index is 13.7. The molecule has 0 N–H and O–H groups in total. The van der Waals surface area contributed by atoms with Crippen LogP contribution in [0.5, 0.6) is 0 Å². The van der Waals surface area contributed by atoms with Gasteiger partial charge in [-0.1, -0.05) is 0 Å². The molecule has 28 heavy (non-hydrogen) atoms. The predicted molar refractivity (Wildman–Crippen MR) is 106 cm³/mol. The van der Waals surface area contributed by atoms with Gasteiger partial charge in [0.25, 0.3) is 5.91 Å². The molecule has 0 atom stereocenters. The smallest absolute Gasteiger partial charge is 0.337 e. The summed E-state index contributed by atoms with van der Waals surface area (Å²) < 4.78 is 42.7. The average Bonchev–Trinajstić information content (AvgIpc) is 3.24. The first kappa shape index (κ1) is 19.8. The minimum Gasteiger partial charge on any atom is -0.337 e. The number of nitrogens with zero attached hydrogens (tertiary/aromatic N) is 4. The van der Waals surface area contributed by atoms with Crippen LogP contribution in [0, 0.1) is 0 Å². The lowest BCUT2D eigenvalue weighted by Gasteiger charge is -2.25. The zero-order chi connectivity index (χ0) is 20.1. The van der Waals surface area contributed by atoms with Gasteiger partial charge in [-0.15, -0.1) is 11.3 Å². The second-order valence-electron chi connectivity index (χ2n) is 6.37. The Balaban J connectivity index is 1.90. The van der Waals surface area contributed by atoms with E-state index in [1.54, 1.807) is 16.3 Å². The molecule has 4 heterocycles. The molecule has 1 saturated heterocycles. The number of rotatable bonds is 2. The van der Waals surface area contributed by atoms with Crippen LogP contribution in [0.2, 0.25) is 0 Å². The van der Waals surface area contributed by atoms with Gasteiger partial charge < -0.3 is 4.90 Å². The average molecular weight is 538 g/mol. The predicted octanol–water partition coefficient (Wildman–Crippen LogP) is 5.63. The van der Waals surface area contributed by atoms with Gasteiger partial charge in [0.1, 0.15) is 0 Å². The van der Waals surface area contributed by atoms with E-state index < -0.39 is 11.9 Å². The van der Waals surface area contributed by atoms with E-state index in [1.165, 1.54) is 11.3 Å². The Bertz CT molecular complexity index is 1060. The molecule has 3 aromatic rings. The Labute approximate surface area is 178 Å². The van der Waals surface area contributed by atoms with E-state index in [2.05, 4.69) is 41.9 Å². The molecule has 3 aromatic heterocycles. The van der Waals surface area contributed by atoms with E-state index in [-0.39, 0.29) is 27.4 Å². The number of alkyl halides is 3. The van der Waals surface area contributed by atoms with Crippen molar-refractivity contribution in [2.24, 2.45) is 0 Å². The standard InChI is InChI=1S/C17H13Br2F3N4OS/c18-9-4-7-28-14(9)10-8-11(17(20,21)22)26-15(23-10)12(19)13(24-26)16(27)25-5-2-1-3-6-25/h4,7-8H,1-3,5-6H2. The van der Waals surface area contributed by atoms with Crippen molar-refractivity contribution in [3.8, 4) is 10.6 Å². The third kappa shape index (κ3) is 3.48. The van der Waals surface area contributed by atoms with Crippen LogP contribution in [0.25, 0.3) is 16.2 Å². The van der Waals surface area contributed by atoms with Crippen LogP contribution in [0.1, 0.15) is 35.4 Å². The molecular formula is C17H13Br2F3N4OS. The lowest BCUT2D eigenvalue weighted by molar-refractivity contribution is -0.142. The molecule has 4 rings (SSSR count). The lowest BCUT2D eigenvalue weighted by Crippen LogP contribution is -2.36. The van der Waals surface area contributed by atoms with Crippen molar-refractivity contribution in [3.63, 3.8) is 0 Å². The Morgan fingerprint density at radius 1 is 1.18 bits per heavy atom. The highest BCUT2D eigenvalue weighted by Gasteiger charge is 2.37. The molecule has 0 spiro atoms. The summed E-state index contributed by atoms with van der Waals surface area (Å²) in [4.78, 5) is 19.4. The number of thiophene rings is 1. The maximum Gasteiger partial charge on any atom is 0.433 e. The van der Waals surface area contributed by atoms with Crippen molar-refractivity contribution >= 4 is 54.8 Å². The fourth-order valence-corrected chi connectivity index (χ4v) is 5.21. The van der Waals surface area contributed by atoms with Crippen molar-refractivity contribution in [2.75, 3.05) is 13.1 Å². The lowest BCUT2D eigenvalue weighted by atomic mass is 10.1. The number of carbonyl (C=O) groups is 1. The third-order valence-electron chi connectivity index (χ3n) is 4.52. The SMILES string of the molecule is O=C(c1nn2c(C(F)(F)F)cc(-c3sccc3Br)nc2c1Br)N1CCCCC1. The quantitative estimate of drug-likeness (QED) is 0.426. The summed E-state index contributed by atoms with van der Waals surface area (Å²) in [5.41, 5.74) is -0.904. The summed E-state index contributed by atoms with van der Waals surface area (Å²) in [6, 6.07) is 2.70. The summed E-state index contributed by atoms with van der Waals surface area (Å²) >= 11 is 7.88. The molecule has 148 valence electrons. The Morgan fingerprint density at radius 2 is 1.89 bits per heavy atom. The molecule has 1 aliphatic rings. The highest BCUT2D eigenvalue weighted by Crippen LogP contribution is 2.38. The first-order chi connectivity index (χ1) is 13.3. The summed E-state index contributed by atoms with van der Waals surface area (Å²) in [6.45, 7) is 1.15. The van der Waals surface area contributed by atoms with E-state index in [9.17, 15) is 18.0 Å². The van der Waals surface area contributed by atoms with Crippen LogP contribution < -0.4 is 0 Å². The van der Waals surface area contributed by atoms with Crippen LogP contribution in [0.15, 0.2) is 26.5 Å². The van der Waals surface area contributed by atoms with Crippen LogP contribution >= 0.6 is 43.2 Å². The number of hydrogen-bond acceptors (Lipinski definition) is 4. The molecule has 5 nitrogen and oxygen atoms in total. The van der Waals surface area contributed by atoms with Crippen molar-refractivity contribution in [1.82, 2.24) is 19.5 Å². The molecule has 1 fully saturated rings. The Morgan fingerprint density at radius 3 is 2.50 bits per heavy atom. The summed E-state index contributed by atoms with van der Waals surface area (Å²) in [6.07, 6.45) is -1.87. The van der Waals surface area contributed by atoms with Crippen molar-refractivity contribution in [3.05, 3.63) is 37.8 Å². The van der Waals surface area contributed by atoms with Crippen LogP contribution in [0.3, 0.4) is 0 Å². The molecule has 0 unspecified atom stereocenters. The fourth-order valence-electron chi connectivity index (χ4n) is 3.17. The number of piperidine rings is 1. The molecule has 0 saturated carbocycles. The van der Waals surface area contributed by atoms with Gasteiger partial charge in [-0.3, -0.25) is 4.79 Å². The first-order valence-electron chi connectivity index (χ1n) is 8.46. The largest absolute Gasteiger partial charge is 0.433 e. The highest BCUT2D eigenvalue weighted by molar-refractivity contribution is 9.11. The molecule has 11 heteroatoms. The number of aromatic nitrogens is 3. The number of carbonyl (C=O) groups excluding carboxylic acids is 1. The molecular weight excluding hydrogens is 525 g/mol.